The van der Waals surface area contributed by atoms with Crippen LogP contribution in [0.3, 0.4) is 0 Å². The Kier molecular flexibility index (Phi) is 2.98. The van der Waals surface area contributed by atoms with E-state index in [2.05, 4.69) is 5.32 Å². The zero-order chi connectivity index (χ0) is 13.3. The topological polar surface area (TPSA) is 55.4 Å². The summed E-state index contributed by atoms with van der Waals surface area (Å²) in [5.41, 5.74) is 0.0937. The van der Waals surface area contributed by atoms with Gasteiger partial charge >= 0.3 is 6.18 Å². The van der Waals surface area contributed by atoms with Crippen LogP contribution in [0, 0.1) is 0 Å². The van der Waals surface area contributed by atoms with Crippen molar-refractivity contribution < 1.29 is 27.5 Å². The lowest BCUT2D eigenvalue weighted by Crippen LogP contribution is -2.25. The maximum Gasteiger partial charge on any atom is 0.396 e. The highest BCUT2D eigenvalue weighted by Gasteiger charge is 2.32. The largest absolute Gasteiger partial charge is 0.482 e. The molecule has 0 unspecified atom stereocenters. The number of alkyl halides is 3. The predicted octanol–water partition coefficient (Wildman–Crippen LogP) is 2.15. The van der Waals surface area contributed by atoms with Gasteiger partial charge in [0.25, 0.3) is 5.91 Å². The second-order valence-electron chi connectivity index (χ2n) is 3.76. The van der Waals surface area contributed by atoms with E-state index in [-0.39, 0.29) is 17.9 Å². The van der Waals surface area contributed by atoms with Gasteiger partial charge < -0.3 is 10.1 Å². The second-order valence-corrected chi connectivity index (χ2v) is 3.76. The van der Waals surface area contributed by atoms with Crippen LogP contribution in [0.15, 0.2) is 18.2 Å². The first-order valence-corrected chi connectivity index (χ1v) is 5.02. The van der Waals surface area contributed by atoms with Gasteiger partial charge in [-0.25, -0.2) is 0 Å². The van der Waals surface area contributed by atoms with Crippen molar-refractivity contribution in [1.82, 2.24) is 0 Å². The van der Waals surface area contributed by atoms with E-state index in [4.69, 9.17) is 4.74 Å². The molecule has 1 amide bonds. The zero-order valence-corrected chi connectivity index (χ0v) is 9.00. The van der Waals surface area contributed by atoms with Crippen LogP contribution in [-0.4, -0.2) is 24.5 Å². The number of ether oxygens (including phenoxy) is 1. The third-order valence-corrected chi connectivity index (χ3v) is 2.30. The Morgan fingerprint density at radius 3 is 2.78 bits per heavy atom. The molecular weight excluding hydrogens is 251 g/mol. The van der Waals surface area contributed by atoms with Gasteiger partial charge in [-0.2, -0.15) is 13.2 Å². The number of amides is 1. The number of nitrogens with one attached hydrogen (secondary N) is 1. The molecule has 0 saturated carbocycles. The fourth-order valence-electron chi connectivity index (χ4n) is 1.54. The molecule has 96 valence electrons. The van der Waals surface area contributed by atoms with Gasteiger partial charge in [-0.1, -0.05) is 0 Å². The molecule has 1 N–H and O–H groups in total. The summed E-state index contributed by atoms with van der Waals surface area (Å²) in [6.45, 7) is -0.150. The monoisotopic (exact) mass is 259 g/mol. The molecule has 0 aromatic heterocycles. The van der Waals surface area contributed by atoms with Gasteiger partial charge in [-0.3, -0.25) is 9.59 Å². The van der Waals surface area contributed by atoms with Gasteiger partial charge in [0.05, 0.1) is 5.69 Å². The highest BCUT2D eigenvalue weighted by atomic mass is 19.4. The van der Waals surface area contributed by atoms with E-state index in [1.54, 1.807) is 0 Å². The minimum Gasteiger partial charge on any atom is -0.482 e. The Balaban J connectivity index is 2.23. The van der Waals surface area contributed by atoms with Gasteiger partial charge in [0.2, 0.25) is 0 Å². The number of halogens is 3. The van der Waals surface area contributed by atoms with Crippen molar-refractivity contribution in [2.45, 2.75) is 12.6 Å². The zero-order valence-electron chi connectivity index (χ0n) is 9.00. The van der Waals surface area contributed by atoms with Crippen LogP contribution in [0.5, 0.6) is 5.75 Å². The summed E-state index contributed by atoms with van der Waals surface area (Å²) >= 11 is 0. The predicted molar refractivity (Wildman–Crippen MR) is 55.6 cm³/mol. The van der Waals surface area contributed by atoms with E-state index < -0.39 is 24.3 Å². The van der Waals surface area contributed by atoms with E-state index in [0.29, 0.717) is 5.75 Å². The number of anilines is 1. The number of rotatable bonds is 2. The van der Waals surface area contributed by atoms with Gasteiger partial charge in [0.1, 0.15) is 12.2 Å². The Morgan fingerprint density at radius 2 is 2.11 bits per heavy atom. The molecule has 0 saturated heterocycles. The smallest absolute Gasteiger partial charge is 0.396 e. The van der Waals surface area contributed by atoms with E-state index >= 15 is 0 Å². The van der Waals surface area contributed by atoms with Crippen LogP contribution >= 0.6 is 0 Å². The molecule has 1 aromatic carbocycles. The second kappa shape index (κ2) is 4.32. The van der Waals surface area contributed by atoms with Crippen molar-refractivity contribution in [3.05, 3.63) is 23.8 Å². The molecule has 1 heterocycles. The van der Waals surface area contributed by atoms with Gasteiger partial charge in [-0.15, -0.1) is 0 Å². The third-order valence-electron chi connectivity index (χ3n) is 2.30. The van der Waals surface area contributed by atoms with Crippen LogP contribution in [0.2, 0.25) is 0 Å². The van der Waals surface area contributed by atoms with Crippen LogP contribution in [0.1, 0.15) is 16.8 Å². The first-order chi connectivity index (χ1) is 8.35. The summed E-state index contributed by atoms with van der Waals surface area (Å²) in [4.78, 5) is 22.4. The number of fused-ring (bicyclic) bond motifs is 1. The van der Waals surface area contributed by atoms with Crippen molar-refractivity contribution in [1.29, 1.82) is 0 Å². The maximum absolute atomic E-state index is 12.1. The third kappa shape index (κ3) is 2.79. The first kappa shape index (κ1) is 12.4. The normalized spacial score (nSPS) is 14.5. The van der Waals surface area contributed by atoms with Crippen molar-refractivity contribution in [3.63, 3.8) is 0 Å². The lowest BCUT2D eigenvalue weighted by atomic mass is 10.1. The minimum atomic E-state index is -4.55. The Bertz CT molecular complexity index is 511. The molecule has 0 spiro atoms. The molecule has 4 nitrogen and oxygen atoms in total. The van der Waals surface area contributed by atoms with E-state index in [1.165, 1.54) is 18.2 Å². The lowest BCUT2D eigenvalue weighted by molar-refractivity contribution is -0.125. The van der Waals surface area contributed by atoms with Crippen molar-refractivity contribution in [2.75, 3.05) is 11.9 Å². The van der Waals surface area contributed by atoms with Gasteiger partial charge in [0.15, 0.2) is 12.4 Å². The molecule has 0 aliphatic carbocycles. The molecule has 0 fully saturated rings. The fourth-order valence-corrected chi connectivity index (χ4v) is 1.54. The molecule has 1 aromatic rings. The van der Waals surface area contributed by atoms with E-state index in [9.17, 15) is 22.8 Å². The minimum absolute atomic E-state index is 0.114. The molecular formula is C11H8F3NO3. The highest BCUT2D eigenvalue weighted by Crippen LogP contribution is 2.30. The number of hydrogen-bond acceptors (Lipinski definition) is 3. The molecule has 18 heavy (non-hydrogen) atoms. The number of benzene rings is 1. The molecule has 7 heteroatoms. The first-order valence-electron chi connectivity index (χ1n) is 5.02. The summed E-state index contributed by atoms with van der Waals surface area (Å²) < 4.78 is 41.3. The summed E-state index contributed by atoms with van der Waals surface area (Å²) in [5, 5.41) is 2.42. The molecule has 0 radical (unpaired) electrons. The van der Waals surface area contributed by atoms with E-state index in [0.717, 1.165) is 0 Å². The number of Topliss-reactive ketones (excluding diaryl/α,β-unsaturated/α-hetero) is 1. The maximum atomic E-state index is 12.1. The fraction of sp³-hybridized carbons (Fsp3) is 0.273. The van der Waals surface area contributed by atoms with Crippen LogP contribution in [0.4, 0.5) is 18.9 Å². The van der Waals surface area contributed by atoms with Crippen LogP contribution in [0.25, 0.3) is 0 Å². The Labute approximate surface area is 99.7 Å². The highest BCUT2D eigenvalue weighted by molar-refractivity contribution is 6.00. The van der Waals surface area contributed by atoms with E-state index in [1.807, 2.05) is 0 Å². The van der Waals surface area contributed by atoms with Crippen molar-refractivity contribution in [2.24, 2.45) is 0 Å². The quantitative estimate of drug-likeness (QED) is 0.828. The average molecular weight is 259 g/mol. The van der Waals surface area contributed by atoms with Crippen molar-refractivity contribution in [3.8, 4) is 5.75 Å². The van der Waals surface area contributed by atoms with Crippen LogP contribution in [-0.2, 0) is 4.79 Å². The Hall–Kier alpha value is -2.05. The molecule has 1 aliphatic rings. The SMILES string of the molecule is O=C1COc2ccc(C(=O)CC(F)(F)F)cc2N1. The van der Waals surface area contributed by atoms with Crippen molar-refractivity contribution >= 4 is 17.4 Å². The molecule has 1 aliphatic heterocycles. The summed E-state index contributed by atoms with van der Waals surface area (Å²) in [6.07, 6.45) is -6.08. The average Bonchev–Trinajstić information content (AvgIpc) is 2.25. The number of carbonyl (C=O) groups excluding carboxylic acids is 2. The molecule has 0 atom stereocenters. The van der Waals surface area contributed by atoms with Gasteiger partial charge in [-0.05, 0) is 18.2 Å². The number of carbonyl (C=O) groups is 2. The lowest BCUT2D eigenvalue weighted by Gasteiger charge is -2.18. The summed E-state index contributed by atoms with van der Waals surface area (Å²) in [7, 11) is 0. The van der Waals surface area contributed by atoms with Crippen LogP contribution < -0.4 is 10.1 Å². The number of hydrogen-bond donors (Lipinski definition) is 1. The Morgan fingerprint density at radius 1 is 1.39 bits per heavy atom. The molecule has 2 rings (SSSR count). The summed E-state index contributed by atoms with van der Waals surface area (Å²) in [6, 6.07) is 3.78. The standard InChI is InChI=1S/C11H8F3NO3/c12-11(13,14)4-8(16)6-1-2-9-7(3-6)15-10(17)5-18-9/h1-3H,4-5H2,(H,15,17). The van der Waals surface area contributed by atoms with Gasteiger partial charge in [0, 0.05) is 5.56 Å². The number of ketones is 1. The summed E-state index contributed by atoms with van der Waals surface area (Å²) in [5.74, 6) is -1.13. The molecule has 0 bridgehead atoms.